The van der Waals surface area contributed by atoms with Crippen LogP contribution in [0.1, 0.15) is 16.8 Å². The van der Waals surface area contributed by atoms with Crippen molar-refractivity contribution in [1.29, 1.82) is 0 Å². The Bertz CT molecular complexity index is 1220. The molecule has 0 aliphatic carbocycles. The van der Waals surface area contributed by atoms with Crippen molar-refractivity contribution in [3.8, 4) is 5.75 Å². The van der Waals surface area contributed by atoms with Crippen LogP contribution in [-0.4, -0.2) is 83.4 Å². The van der Waals surface area contributed by atoms with Crippen molar-refractivity contribution >= 4 is 31.5 Å². The zero-order chi connectivity index (χ0) is 23.6. The molecule has 2 aliphatic rings. The van der Waals surface area contributed by atoms with E-state index in [1.54, 1.807) is 41.3 Å². The van der Waals surface area contributed by atoms with E-state index in [-0.39, 0.29) is 28.4 Å². The topological polar surface area (TPSA) is 113 Å². The van der Waals surface area contributed by atoms with Crippen LogP contribution >= 0.6 is 0 Å². The number of nitrogens with one attached hydrogen (secondary N) is 1. The maximum Gasteiger partial charge on any atom is 0.261 e. The number of carbonyl (C=O) groups is 1. The maximum atomic E-state index is 13.0. The molecule has 2 aromatic carbocycles. The first-order chi connectivity index (χ1) is 15.7. The highest BCUT2D eigenvalue weighted by Gasteiger charge is 2.34. The number of benzene rings is 2. The van der Waals surface area contributed by atoms with Gasteiger partial charge < -0.3 is 9.64 Å². The maximum absolute atomic E-state index is 13.0. The van der Waals surface area contributed by atoms with Crippen LogP contribution in [0.25, 0.3) is 0 Å². The SMILES string of the molecule is COc1ccc(NS(=O)(=O)c2cccc(C(=O)N3CCN(C4CCS(=O)(=O)C4)CC3)c2)cc1. The van der Waals surface area contributed by atoms with Crippen LogP contribution in [0.4, 0.5) is 5.69 Å². The molecule has 0 bridgehead atoms. The van der Waals surface area contributed by atoms with E-state index in [2.05, 4.69) is 9.62 Å². The summed E-state index contributed by atoms with van der Waals surface area (Å²) in [5.74, 6) is 0.778. The molecule has 2 fully saturated rings. The molecule has 0 aromatic heterocycles. The number of carbonyl (C=O) groups excluding carboxylic acids is 1. The number of anilines is 1. The molecule has 2 aromatic rings. The summed E-state index contributed by atoms with van der Waals surface area (Å²) in [5.41, 5.74) is 0.682. The fourth-order valence-corrected chi connectivity index (χ4v) is 7.07. The summed E-state index contributed by atoms with van der Waals surface area (Å²) in [6.07, 6.45) is 0.636. The smallest absolute Gasteiger partial charge is 0.261 e. The number of amides is 1. The summed E-state index contributed by atoms with van der Waals surface area (Å²) < 4.78 is 56.7. The van der Waals surface area contributed by atoms with Gasteiger partial charge in [0.15, 0.2) is 9.84 Å². The van der Waals surface area contributed by atoms with Crippen LogP contribution in [0.15, 0.2) is 53.4 Å². The summed E-state index contributed by atoms with van der Waals surface area (Å²) in [4.78, 5) is 16.8. The summed E-state index contributed by atoms with van der Waals surface area (Å²) in [6, 6.07) is 12.5. The minimum absolute atomic E-state index is 0.000957. The molecule has 1 unspecified atom stereocenters. The summed E-state index contributed by atoms with van der Waals surface area (Å²) in [5, 5.41) is 0. The Balaban J connectivity index is 1.41. The number of sulfone groups is 1. The normalized spacial score (nSPS) is 21.0. The minimum Gasteiger partial charge on any atom is -0.497 e. The standard InChI is InChI=1S/C22H27N3O6S2/c1-31-20-7-5-18(6-8-20)23-33(29,30)21-4-2-3-17(15-21)22(26)25-12-10-24(11-13-25)19-9-14-32(27,28)16-19/h2-8,15,19,23H,9-14,16H2,1H3. The van der Waals surface area contributed by atoms with Gasteiger partial charge in [0.25, 0.3) is 15.9 Å². The lowest BCUT2D eigenvalue weighted by Gasteiger charge is -2.37. The minimum atomic E-state index is -3.88. The second-order valence-corrected chi connectivity index (χ2v) is 12.2. The van der Waals surface area contributed by atoms with Crippen molar-refractivity contribution in [3.05, 3.63) is 54.1 Å². The van der Waals surface area contributed by atoms with Crippen molar-refractivity contribution in [1.82, 2.24) is 9.80 Å². The zero-order valence-corrected chi connectivity index (χ0v) is 19.9. The van der Waals surface area contributed by atoms with Crippen molar-refractivity contribution in [2.24, 2.45) is 0 Å². The van der Waals surface area contributed by atoms with Crippen LogP contribution in [0.2, 0.25) is 0 Å². The fourth-order valence-electron chi connectivity index (χ4n) is 4.21. The number of ether oxygens (including phenoxy) is 1. The second-order valence-electron chi connectivity index (χ2n) is 8.25. The Hall–Kier alpha value is -2.63. The number of methoxy groups -OCH3 is 1. The van der Waals surface area contributed by atoms with Crippen molar-refractivity contribution in [3.63, 3.8) is 0 Å². The first-order valence-electron chi connectivity index (χ1n) is 10.7. The van der Waals surface area contributed by atoms with Crippen molar-refractivity contribution < 1.29 is 26.4 Å². The predicted octanol–water partition coefficient (Wildman–Crippen LogP) is 1.44. The van der Waals surface area contributed by atoms with Gasteiger partial charge in [-0.3, -0.25) is 14.4 Å². The van der Waals surface area contributed by atoms with Crippen LogP contribution in [0.5, 0.6) is 5.75 Å². The van der Waals surface area contributed by atoms with E-state index >= 15 is 0 Å². The van der Waals surface area contributed by atoms with Gasteiger partial charge in [0.2, 0.25) is 0 Å². The summed E-state index contributed by atoms with van der Waals surface area (Å²) >= 11 is 0. The molecule has 0 saturated carbocycles. The van der Waals surface area contributed by atoms with Gasteiger partial charge in [0.05, 0.1) is 23.5 Å². The Morgan fingerprint density at radius 3 is 2.36 bits per heavy atom. The van der Waals surface area contributed by atoms with E-state index in [4.69, 9.17) is 4.74 Å². The highest BCUT2D eigenvalue weighted by atomic mass is 32.2. The highest BCUT2D eigenvalue weighted by molar-refractivity contribution is 7.92. The molecule has 4 rings (SSSR count). The first kappa shape index (κ1) is 23.5. The Morgan fingerprint density at radius 2 is 1.76 bits per heavy atom. The molecule has 1 N–H and O–H groups in total. The Kier molecular flexibility index (Phi) is 6.64. The quantitative estimate of drug-likeness (QED) is 0.648. The zero-order valence-electron chi connectivity index (χ0n) is 18.3. The molecule has 2 saturated heterocycles. The second kappa shape index (κ2) is 9.32. The number of hydrogen-bond donors (Lipinski definition) is 1. The molecule has 33 heavy (non-hydrogen) atoms. The third-order valence-electron chi connectivity index (χ3n) is 6.06. The monoisotopic (exact) mass is 493 g/mol. The molecule has 2 aliphatic heterocycles. The van der Waals surface area contributed by atoms with Crippen molar-refractivity contribution in [2.45, 2.75) is 17.4 Å². The molecule has 9 nitrogen and oxygen atoms in total. The van der Waals surface area contributed by atoms with E-state index in [0.717, 1.165) is 0 Å². The molecule has 1 amide bonds. The van der Waals surface area contributed by atoms with Gasteiger partial charge in [-0.15, -0.1) is 0 Å². The average Bonchev–Trinajstić information content (AvgIpc) is 3.18. The van der Waals surface area contributed by atoms with Gasteiger partial charge in [-0.2, -0.15) is 0 Å². The molecule has 0 spiro atoms. The number of rotatable bonds is 6. The van der Waals surface area contributed by atoms with Gasteiger partial charge in [-0.05, 0) is 48.9 Å². The van der Waals surface area contributed by atoms with E-state index in [1.165, 1.54) is 19.2 Å². The first-order valence-corrected chi connectivity index (χ1v) is 14.0. The lowest BCUT2D eigenvalue weighted by molar-refractivity contribution is 0.0587. The van der Waals surface area contributed by atoms with Crippen LogP contribution in [-0.2, 0) is 19.9 Å². The van der Waals surface area contributed by atoms with Gasteiger partial charge in [0, 0.05) is 43.5 Å². The van der Waals surface area contributed by atoms with Gasteiger partial charge in [0.1, 0.15) is 5.75 Å². The van der Waals surface area contributed by atoms with E-state index in [1.807, 2.05) is 0 Å². The molecule has 0 radical (unpaired) electrons. The molecular formula is C22H27N3O6S2. The summed E-state index contributed by atoms with van der Waals surface area (Å²) in [6.45, 7) is 2.14. The average molecular weight is 494 g/mol. The van der Waals surface area contributed by atoms with Gasteiger partial charge in [-0.25, -0.2) is 16.8 Å². The largest absolute Gasteiger partial charge is 0.497 e. The predicted molar refractivity (Wildman–Crippen MR) is 125 cm³/mol. The molecule has 11 heteroatoms. The lowest BCUT2D eigenvalue weighted by Crippen LogP contribution is -2.52. The summed E-state index contributed by atoms with van der Waals surface area (Å²) in [7, 11) is -5.30. The number of hydrogen-bond acceptors (Lipinski definition) is 7. The third-order valence-corrected chi connectivity index (χ3v) is 9.19. The van der Waals surface area contributed by atoms with E-state index < -0.39 is 19.9 Å². The van der Waals surface area contributed by atoms with Crippen LogP contribution < -0.4 is 9.46 Å². The highest BCUT2D eigenvalue weighted by Crippen LogP contribution is 2.22. The number of nitrogens with zero attached hydrogens (tertiary/aromatic N) is 2. The third kappa shape index (κ3) is 5.48. The van der Waals surface area contributed by atoms with E-state index in [9.17, 15) is 21.6 Å². The van der Waals surface area contributed by atoms with Crippen LogP contribution in [0.3, 0.4) is 0 Å². The lowest BCUT2D eigenvalue weighted by atomic mass is 10.1. The number of sulfonamides is 1. The number of piperazine rings is 1. The molecule has 178 valence electrons. The Labute approximate surface area is 194 Å². The van der Waals surface area contributed by atoms with Gasteiger partial charge >= 0.3 is 0 Å². The fraction of sp³-hybridized carbons (Fsp3) is 0.409. The molecule has 1 atom stereocenters. The molecule has 2 heterocycles. The molecular weight excluding hydrogens is 466 g/mol. The van der Waals surface area contributed by atoms with Gasteiger partial charge in [-0.1, -0.05) is 6.07 Å². The van der Waals surface area contributed by atoms with E-state index in [0.29, 0.717) is 49.6 Å². The van der Waals surface area contributed by atoms with Crippen LogP contribution in [0, 0.1) is 0 Å². The Morgan fingerprint density at radius 1 is 1.06 bits per heavy atom. The van der Waals surface area contributed by atoms with Crippen molar-refractivity contribution in [2.75, 3.05) is 49.5 Å².